The minimum absolute atomic E-state index is 0.0960. The molecule has 0 spiro atoms. The average Bonchev–Trinajstić information content (AvgIpc) is 2.54. The molecule has 120 valence electrons. The number of carbonyl (C=O) groups is 1. The van der Waals surface area contributed by atoms with E-state index < -0.39 is 5.60 Å². The van der Waals surface area contributed by atoms with Crippen molar-refractivity contribution in [3.63, 3.8) is 0 Å². The molecule has 1 aromatic carbocycles. The summed E-state index contributed by atoms with van der Waals surface area (Å²) in [7, 11) is 2.09. The topological polar surface area (TPSA) is 52.6 Å². The summed E-state index contributed by atoms with van der Waals surface area (Å²) in [6, 6.07) is 8.06. The predicted molar refractivity (Wildman–Crippen MR) is 86.5 cm³/mol. The van der Waals surface area contributed by atoms with E-state index in [2.05, 4.69) is 23.3 Å². The second-order valence-electron chi connectivity index (χ2n) is 6.84. The third kappa shape index (κ3) is 3.18. The zero-order chi connectivity index (χ0) is 15.6. The molecule has 1 atom stereocenters. The molecule has 4 heteroatoms. The highest BCUT2D eigenvalue weighted by Gasteiger charge is 2.35. The minimum Gasteiger partial charge on any atom is -0.383 e. The van der Waals surface area contributed by atoms with Gasteiger partial charge in [-0.2, -0.15) is 0 Å². The van der Waals surface area contributed by atoms with Gasteiger partial charge in [-0.15, -0.1) is 0 Å². The molecule has 0 radical (unpaired) electrons. The fraction of sp³-hybridized carbons (Fsp3) is 0.611. The number of rotatable bonds is 3. The Kier molecular flexibility index (Phi) is 4.50. The van der Waals surface area contributed by atoms with Crippen LogP contribution in [0.3, 0.4) is 0 Å². The third-order valence-electron chi connectivity index (χ3n) is 5.20. The van der Waals surface area contributed by atoms with Crippen molar-refractivity contribution >= 4 is 5.91 Å². The van der Waals surface area contributed by atoms with E-state index in [0.29, 0.717) is 6.54 Å². The molecule has 1 aliphatic carbocycles. The first kappa shape index (κ1) is 15.5. The van der Waals surface area contributed by atoms with E-state index >= 15 is 0 Å². The first-order valence-corrected chi connectivity index (χ1v) is 8.35. The standard InChI is InChI=1S/C18H26N2O2/c1-20-11-8-15(9-12-20)17(21)19-13-18(22)10-4-6-14-5-2-3-7-16(14)18/h2-3,5,7,15,22H,4,6,8-13H2,1H3,(H,19,21). The molecule has 1 aromatic rings. The van der Waals surface area contributed by atoms with Gasteiger partial charge in [0.1, 0.15) is 5.60 Å². The van der Waals surface area contributed by atoms with Crippen molar-refractivity contribution in [3.8, 4) is 0 Å². The second kappa shape index (κ2) is 6.39. The van der Waals surface area contributed by atoms with E-state index in [4.69, 9.17) is 0 Å². The Balaban J connectivity index is 1.63. The molecule has 1 unspecified atom stereocenters. The molecule has 2 aliphatic rings. The van der Waals surface area contributed by atoms with Gasteiger partial charge in [0, 0.05) is 5.92 Å². The van der Waals surface area contributed by atoms with E-state index in [1.165, 1.54) is 5.56 Å². The van der Waals surface area contributed by atoms with Crippen molar-refractivity contribution in [2.24, 2.45) is 5.92 Å². The molecule has 4 nitrogen and oxygen atoms in total. The van der Waals surface area contributed by atoms with Gasteiger partial charge in [0.05, 0.1) is 6.54 Å². The summed E-state index contributed by atoms with van der Waals surface area (Å²) in [6.07, 6.45) is 4.53. The Morgan fingerprint density at radius 2 is 2.09 bits per heavy atom. The van der Waals surface area contributed by atoms with Crippen molar-refractivity contribution in [3.05, 3.63) is 35.4 Å². The van der Waals surface area contributed by atoms with Crippen LogP contribution >= 0.6 is 0 Å². The highest BCUT2D eigenvalue weighted by molar-refractivity contribution is 5.78. The zero-order valence-corrected chi connectivity index (χ0v) is 13.3. The fourth-order valence-corrected chi connectivity index (χ4v) is 3.73. The van der Waals surface area contributed by atoms with E-state index in [0.717, 1.165) is 50.8 Å². The smallest absolute Gasteiger partial charge is 0.223 e. The maximum atomic E-state index is 12.4. The van der Waals surface area contributed by atoms with Gasteiger partial charge in [-0.05, 0) is 63.4 Å². The van der Waals surface area contributed by atoms with Crippen molar-refractivity contribution < 1.29 is 9.90 Å². The van der Waals surface area contributed by atoms with E-state index in [1.807, 2.05) is 18.2 Å². The Bertz CT molecular complexity index is 538. The maximum Gasteiger partial charge on any atom is 0.223 e. The molecule has 0 saturated carbocycles. The third-order valence-corrected chi connectivity index (χ3v) is 5.20. The number of aliphatic hydroxyl groups is 1. The van der Waals surface area contributed by atoms with Crippen LogP contribution in [-0.2, 0) is 16.8 Å². The summed E-state index contributed by atoms with van der Waals surface area (Å²) in [4.78, 5) is 14.6. The van der Waals surface area contributed by atoms with Crippen LogP contribution in [0, 0.1) is 5.92 Å². The van der Waals surface area contributed by atoms with Crippen LogP contribution in [0.2, 0.25) is 0 Å². The number of nitrogens with zero attached hydrogens (tertiary/aromatic N) is 1. The van der Waals surface area contributed by atoms with Gasteiger partial charge in [-0.25, -0.2) is 0 Å². The lowest BCUT2D eigenvalue weighted by Gasteiger charge is -2.35. The fourth-order valence-electron chi connectivity index (χ4n) is 3.73. The molecule has 1 fully saturated rings. The SMILES string of the molecule is CN1CCC(C(=O)NCC2(O)CCCc3ccccc32)CC1. The number of piperidine rings is 1. The minimum atomic E-state index is -0.907. The highest BCUT2D eigenvalue weighted by Crippen LogP contribution is 2.34. The van der Waals surface area contributed by atoms with Crippen LogP contribution in [0.25, 0.3) is 0 Å². The largest absolute Gasteiger partial charge is 0.383 e. The molecule has 0 bridgehead atoms. The monoisotopic (exact) mass is 302 g/mol. The van der Waals surface area contributed by atoms with E-state index in [1.54, 1.807) is 0 Å². The maximum absolute atomic E-state index is 12.4. The van der Waals surface area contributed by atoms with Crippen LogP contribution < -0.4 is 5.32 Å². The molecule has 1 heterocycles. The van der Waals surface area contributed by atoms with Crippen LogP contribution in [0.15, 0.2) is 24.3 Å². The van der Waals surface area contributed by atoms with Crippen molar-refractivity contribution in [2.45, 2.75) is 37.7 Å². The molecule has 1 saturated heterocycles. The van der Waals surface area contributed by atoms with Crippen LogP contribution in [0.1, 0.15) is 36.8 Å². The van der Waals surface area contributed by atoms with Crippen molar-refractivity contribution in [2.75, 3.05) is 26.7 Å². The summed E-state index contributed by atoms with van der Waals surface area (Å²) in [5, 5.41) is 14.0. The summed E-state index contributed by atoms with van der Waals surface area (Å²) >= 11 is 0. The average molecular weight is 302 g/mol. The lowest BCUT2D eigenvalue weighted by Crippen LogP contribution is -2.46. The lowest BCUT2D eigenvalue weighted by atomic mass is 9.79. The number of hydrogen-bond acceptors (Lipinski definition) is 3. The highest BCUT2D eigenvalue weighted by atomic mass is 16.3. The molecular weight excluding hydrogens is 276 g/mol. The molecule has 1 aliphatic heterocycles. The molecule has 3 rings (SSSR count). The summed E-state index contributed by atoms with van der Waals surface area (Å²) in [6.45, 7) is 2.28. The quantitative estimate of drug-likeness (QED) is 0.893. The number of fused-ring (bicyclic) bond motifs is 1. The molecule has 1 amide bonds. The van der Waals surface area contributed by atoms with Crippen LogP contribution in [-0.4, -0.2) is 42.6 Å². The van der Waals surface area contributed by atoms with Gasteiger partial charge in [0.2, 0.25) is 5.91 Å². The van der Waals surface area contributed by atoms with Crippen molar-refractivity contribution in [1.82, 2.24) is 10.2 Å². The number of likely N-dealkylation sites (tertiary alicyclic amines) is 1. The van der Waals surface area contributed by atoms with Gasteiger partial charge < -0.3 is 15.3 Å². The molecule has 2 N–H and O–H groups in total. The number of benzene rings is 1. The van der Waals surface area contributed by atoms with Crippen LogP contribution in [0.5, 0.6) is 0 Å². The number of nitrogens with one attached hydrogen (secondary N) is 1. The molecular formula is C18H26N2O2. The molecule has 22 heavy (non-hydrogen) atoms. The molecule has 0 aromatic heterocycles. The van der Waals surface area contributed by atoms with Gasteiger partial charge >= 0.3 is 0 Å². The zero-order valence-electron chi connectivity index (χ0n) is 13.3. The number of carbonyl (C=O) groups excluding carboxylic acids is 1. The van der Waals surface area contributed by atoms with E-state index in [9.17, 15) is 9.90 Å². The predicted octanol–water partition coefficient (Wildman–Crippen LogP) is 1.67. The number of aryl methyl sites for hydroxylation is 1. The van der Waals surface area contributed by atoms with Gasteiger partial charge in [-0.1, -0.05) is 24.3 Å². The summed E-state index contributed by atoms with van der Waals surface area (Å²) in [5.74, 6) is 0.197. The summed E-state index contributed by atoms with van der Waals surface area (Å²) in [5.41, 5.74) is 1.30. The van der Waals surface area contributed by atoms with Gasteiger partial charge in [0.25, 0.3) is 0 Å². The van der Waals surface area contributed by atoms with Crippen molar-refractivity contribution in [1.29, 1.82) is 0 Å². The Morgan fingerprint density at radius 3 is 2.86 bits per heavy atom. The Hall–Kier alpha value is -1.39. The van der Waals surface area contributed by atoms with E-state index in [-0.39, 0.29) is 11.8 Å². The first-order chi connectivity index (χ1) is 10.6. The lowest BCUT2D eigenvalue weighted by molar-refractivity contribution is -0.127. The number of amides is 1. The summed E-state index contributed by atoms with van der Waals surface area (Å²) < 4.78 is 0. The van der Waals surface area contributed by atoms with Crippen LogP contribution in [0.4, 0.5) is 0 Å². The Labute approximate surface area is 132 Å². The Morgan fingerprint density at radius 1 is 1.36 bits per heavy atom. The van der Waals surface area contributed by atoms with Gasteiger partial charge in [-0.3, -0.25) is 4.79 Å². The number of hydrogen-bond donors (Lipinski definition) is 2. The van der Waals surface area contributed by atoms with Gasteiger partial charge in [0.15, 0.2) is 0 Å². The second-order valence-corrected chi connectivity index (χ2v) is 6.84. The normalized spacial score (nSPS) is 26.5. The first-order valence-electron chi connectivity index (χ1n) is 8.35.